The summed E-state index contributed by atoms with van der Waals surface area (Å²) in [5.74, 6) is -0.847. The number of anilines is 1. The van der Waals surface area contributed by atoms with Crippen LogP contribution in [0.15, 0.2) is 72.8 Å². The van der Waals surface area contributed by atoms with Crippen molar-refractivity contribution in [3.63, 3.8) is 0 Å². The van der Waals surface area contributed by atoms with Gasteiger partial charge in [-0.05, 0) is 48.2 Å². The Kier molecular flexibility index (Phi) is 10.8. The number of nitrogens with zero attached hydrogens (tertiary/aromatic N) is 2. The maximum atomic E-state index is 14.0. The minimum atomic E-state index is -3.92. The number of rotatable bonds is 12. The van der Waals surface area contributed by atoms with Crippen molar-refractivity contribution in [3.8, 4) is 0 Å². The van der Waals surface area contributed by atoms with Crippen LogP contribution in [0.2, 0.25) is 10.0 Å². The highest BCUT2D eigenvalue weighted by Crippen LogP contribution is 2.30. The summed E-state index contributed by atoms with van der Waals surface area (Å²) in [6.45, 7) is 3.90. The average Bonchev–Trinajstić information content (AvgIpc) is 2.89. The summed E-state index contributed by atoms with van der Waals surface area (Å²) in [6, 6.07) is 20.5. The fourth-order valence-corrected chi connectivity index (χ4v) is 5.59. The molecule has 3 rings (SSSR count). The normalized spacial score (nSPS) is 12.0. The van der Waals surface area contributed by atoms with Crippen LogP contribution in [0.5, 0.6) is 0 Å². The van der Waals surface area contributed by atoms with Gasteiger partial charge in [0.1, 0.15) is 12.6 Å². The predicted molar refractivity (Wildman–Crippen MR) is 158 cm³/mol. The molecule has 0 unspecified atom stereocenters. The molecule has 0 aliphatic carbocycles. The second-order valence-corrected chi connectivity index (χ2v) is 12.1. The Morgan fingerprint density at radius 2 is 1.64 bits per heavy atom. The summed E-state index contributed by atoms with van der Waals surface area (Å²) in [4.78, 5) is 29.0. The Hall–Kier alpha value is -3.07. The van der Waals surface area contributed by atoms with E-state index < -0.39 is 28.5 Å². The molecule has 0 saturated heterocycles. The first-order valence-electron chi connectivity index (χ1n) is 12.6. The molecule has 1 N–H and O–H groups in total. The molecule has 0 aliphatic rings. The number of aryl methyl sites for hydroxylation is 1. The minimum absolute atomic E-state index is 0.0905. The third kappa shape index (κ3) is 8.46. The number of benzene rings is 3. The van der Waals surface area contributed by atoms with E-state index in [1.165, 1.54) is 23.1 Å². The molecule has 0 bridgehead atoms. The zero-order chi connectivity index (χ0) is 28.6. The van der Waals surface area contributed by atoms with Gasteiger partial charge in [0.05, 0.1) is 17.0 Å². The fraction of sp³-hybridized carbons (Fsp3) is 0.310. The number of nitrogens with one attached hydrogen (secondary N) is 1. The molecule has 2 amide bonds. The number of sulfonamides is 1. The Bertz CT molecular complexity index is 1400. The third-order valence-electron chi connectivity index (χ3n) is 6.28. The van der Waals surface area contributed by atoms with Gasteiger partial charge < -0.3 is 10.2 Å². The number of hydrogen-bond donors (Lipinski definition) is 1. The molecule has 3 aromatic carbocycles. The fourth-order valence-electron chi connectivity index (χ4n) is 4.17. The Morgan fingerprint density at radius 3 is 2.26 bits per heavy atom. The maximum absolute atomic E-state index is 14.0. The SMILES string of the molecule is CCCNC(=O)[C@@H](Cc1ccccc1)N(Cc1ccccc1C)C(=O)CN(c1ccc(Cl)cc1Cl)S(C)(=O)=O. The van der Waals surface area contributed by atoms with E-state index in [2.05, 4.69) is 5.32 Å². The molecule has 0 aromatic heterocycles. The minimum Gasteiger partial charge on any atom is -0.354 e. The molecule has 39 heavy (non-hydrogen) atoms. The molecular weight excluding hydrogens is 557 g/mol. The number of amides is 2. The lowest BCUT2D eigenvalue weighted by Gasteiger charge is -2.34. The maximum Gasteiger partial charge on any atom is 0.244 e. The molecule has 3 aromatic rings. The average molecular weight is 591 g/mol. The quantitative estimate of drug-likeness (QED) is 0.313. The van der Waals surface area contributed by atoms with Gasteiger partial charge in [0.25, 0.3) is 0 Å². The highest BCUT2D eigenvalue weighted by atomic mass is 35.5. The smallest absolute Gasteiger partial charge is 0.244 e. The summed E-state index contributed by atoms with van der Waals surface area (Å²) in [5.41, 5.74) is 2.80. The molecule has 10 heteroatoms. The van der Waals surface area contributed by atoms with Gasteiger partial charge in [-0.1, -0.05) is 84.7 Å². The predicted octanol–water partition coefficient (Wildman–Crippen LogP) is 5.23. The standard InChI is InChI=1S/C29H33Cl2N3O4S/c1-4-16-32-29(36)27(17-22-11-6-5-7-12-22)33(19-23-13-9-8-10-21(23)2)28(35)20-34(39(3,37)38)26-15-14-24(30)18-25(26)31/h5-15,18,27H,4,16-17,19-20H2,1-3H3,(H,32,36)/t27-/m1/s1. The number of carbonyl (C=O) groups is 2. The van der Waals surface area contributed by atoms with Crippen molar-refractivity contribution in [2.45, 2.75) is 39.3 Å². The summed E-state index contributed by atoms with van der Waals surface area (Å²) in [7, 11) is -3.92. The first-order chi connectivity index (χ1) is 18.5. The lowest BCUT2D eigenvalue weighted by Crippen LogP contribution is -2.53. The summed E-state index contributed by atoms with van der Waals surface area (Å²) >= 11 is 12.4. The number of carbonyl (C=O) groups excluding carboxylic acids is 2. The molecule has 1 atom stereocenters. The van der Waals surface area contributed by atoms with E-state index in [1.54, 1.807) is 0 Å². The third-order valence-corrected chi connectivity index (χ3v) is 7.94. The molecule has 0 fully saturated rings. The Morgan fingerprint density at radius 1 is 0.974 bits per heavy atom. The van der Waals surface area contributed by atoms with Gasteiger partial charge in [0, 0.05) is 24.5 Å². The molecule has 0 heterocycles. The van der Waals surface area contributed by atoms with Crippen LogP contribution in [0.25, 0.3) is 0 Å². The summed E-state index contributed by atoms with van der Waals surface area (Å²) < 4.78 is 26.7. The van der Waals surface area contributed by atoms with Crippen LogP contribution >= 0.6 is 23.2 Å². The second-order valence-electron chi connectivity index (χ2n) is 9.31. The van der Waals surface area contributed by atoms with Gasteiger partial charge in [-0.3, -0.25) is 13.9 Å². The van der Waals surface area contributed by atoms with Crippen LogP contribution in [-0.2, 0) is 32.6 Å². The lowest BCUT2D eigenvalue weighted by atomic mass is 10.0. The van der Waals surface area contributed by atoms with Crippen molar-refractivity contribution in [1.82, 2.24) is 10.2 Å². The Balaban J connectivity index is 2.07. The van der Waals surface area contributed by atoms with Crippen LogP contribution in [0.4, 0.5) is 5.69 Å². The Labute approximate surface area is 240 Å². The van der Waals surface area contributed by atoms with Crippen molar-refractivity contribution in [3.05, 3.63) is 99.5 Å². The number of halogens is 2. The first kappa shape index (κ1) is 30.5. The van der Waals surface area contributed by atoms with E-state index in [9.17, 15) is 18.0 Å². The van der Waals surface area contributed by atoms with Gasteiger partial charge in [0.15, 0.2) is 0 Å². The van der Waals surface area contributed by atoms with Gasteiger partial charge in [0.2, 0.25) is 21.8 Å². The van der Waals surface area contributed by atoms with Crippen LogP contribution in [0, 0.1) is 6.92 Å². The summed E-state index contributed by atoms with van der Waals surface area (Å²) in [6.07, 6.45) is 1.99. The van der Waals surface area contributed by atoms with E-state index >= 15 is 0 Å². The van der Waals surface area contributed by atoms with Crippen molar-refractivity contribution in [2.75, 3.05) is 23.7 Å². The van der Waals surface area contributed by atoms with Crippen LogP contribution in [0.3, 0.4) is 0 Å². The van der Waals surface area contributed by atoms with Crippen LogP contribution in [0.1, 0.15) is 30.0 Å². The highest BCUT2D eigenvalue weighted by Gasteiger charge is 2.33. The molecule has 0 saturated carbocycles. The van der Waals surface area contributed by atoms with Gasteiger partial charge >= 0.3 is 0 Å². The molecule has 7 nitrogen and oxygen atoms in total. The zero-order valence-electron chi connectivity index (χ0n) is 22.2. The van der Waals surface area contributed by atoms with E-state index in [1.807, 2.05) is 68.4 Å². The molecule has 0 spiro atoms. The van der Waals surface area contributed by atoms with Crippen molar-refractivity contribution < 1.29 is 18.0 Å². The van der Waals surface area contributed by atoms with Crippen molar-refractivity contribution >= 4 is 50.7 Å². The topological polar surface area (TPSA) is 86.8 Å². The molecular formula is C29H33Cl2N3O4S. The van der Waals surface area contributed by atoms with E-state index in [0.29, 0.717) is 11.6 Å². The monoisotopic (exact) mass is 589 g/mol. The van der Waals surface area contributed by atoms with Gasteiger partial charge in [-0.25, -0.2) is 8.42 Å². The van der Waals surface area contributed by atoms with Gasteiger partial charge in [-0.15, -0.1) is 0 Å². The summed E-state index contributed by atoms with van der Waals surface area (Å²) in [5, 5.41) is 3.34. The van der Waals surface area contributed by atoms with E-state index in [0.717, 1.165) is 33.7 Å². The van der Waals surface area contributed by atoms with Crippen molar-refractivity contribution in [2.24, 2.45) is 0 Å². The molecule has 0 aliphatic heterocycles. The van der Waals surface area contributed by atoms with Crippen LogP contribution in [-0.4, -0.2) is 50.5 Å². The highest BCUT2D eigenvalue weighted by molar-refractivity contribution is 7.92. The van der Waals surface area contributed by atoms with Gasteiger partial charge in [-0.2, -0.15) is 0 Å². The van der Waals surface area contributed by atoms with Crippen LogP contribution < -0.4 is 9.62 Å². The molecule has 208 valence electrons. The van der Waals surface area contributed by atoms with Crippen molar-refractivity contribution in [1.29, 1.82) is 0 Å². The van der Waals surface area contributed by atoms with E-state index in [4.69, 9.17) is 23.2 Å². The number of hydrogen-bond acceptors (Lipinski definition) is 4. The molecule has 0 radical (unpaired) electrons. The second kappa shape index (κ2) is 13.8. The lowest BCUT2D eigenvalue weighted by molar-refractivity contribution is -0.140. The van der Waals surface area contributed by atoms with E-state index in [-0.39, 0.29) is 29.6 Å². The zero-order valence-corrected chi connectivity index (χ0v) is 24.6. The first-order valence-corrected chi connectivity index (χ1v) is 15.2. The largest absolute Gasteiger partial charge is 0.354 e.